The molecule has 0 aliphatic heterocycles. The fourth-order valence-electron chi connectivity index (χ4n) is 1.15. The Balaban J connectivity index is 2.79. The van der Waals surface area contributed by atoms with Gasteiger partial charge in [-0.3, -0.25) is 9.59 Å². The van der Waals surface area contributed by atoms with Crippen LogP contribution >= 0.6 is 0 Å². The number of ether oxygens (including phenoxy) is 1. The molecule has 0 aliphatic carbocycles. The molecular formula is C12H13O4. The van der Waals surface area contributed by atoms with Gasteiger partial charge in [-0.05, 0) is 18.6 Å². The predicted molar refractivity (Wildman–Crippen MR) is 58.3 cm³/mol. The predicted octanol–water partition coefficient (Wildman–Crippen LogP) is 2.11. The average molecular weight is 221 g/mol. The second kappa shape index (κ2) is 5.90. The van der Waals surface area contributed by atoms with Crippen LogP contribution in [-0.4, -0.2) is 17.4 Å². The van der Waals surface area contributed by atoms with Crippen molar-refractivity contribution in [3.05, 3.63) is 30.2 Å². The van der Waals surface area contributed by atoms with E-state index in [-0.39, 0.29) is 17.1 Å². The van der Waals surface area contributed by atoms with Gasteiger partial charge in [-0.2, -0.15) is 0 Å². The molecule has 16 heavy (non-hydrogen) atoms. The summed E-state index contributed by atoms with van der Waals surface area (Å²) >= 11 is 0. The van der Waals surface area contributed by atoms with Crippen LogP contribution in [0.3, 0.4) is 0 Å². The van der Waals surface area contributed by atoms with E-state index < -0.39 is 5.97 Å². The largest absolute Gasteiger partial charge is 0.504 e. The highest BCUT2D eigenvalue weighted by Gasteiger charge is 2.12. The number of phenols is 1. The lowest BCUT2D eigenvalue weighted by molar-refractivity contribution is -0.130. The zero-order valence-corrected chi connectivity index (χ0v) is 8.97. The maximum absolute atomic E-state index is 11.3. The highest BCUT2D eigenvalue weighted by atomic mass is 16.5. The van der Waals surface area contributed by atoms with Gasteiger partial charge in [0, 0.05) is 0 Å². The average Bonchev–Trinajstić information content (AvgIpc) is 2.29. The number of benzene rings is 1. The molecule has 0 bridgehead atoms. The van der Waals surface area contributed by atoms with Crippen LogP contribution in [0, 0.1) is 6.42 Å². The lowest BCUT2D eigenvalue weighted by Crippen LogP contribution is -2.09. The fraction of sp³-hybridized carbons (Fsp3) is 0.250. The number of aromatic hydroxyl groups is 1. The van der Waals surface area contributed by atoms with Crippen molar-refractivity contribution >= 4 is 12.3 Å². The van der Waals surface area contributed by atoms with Crippen molar-refractivity contribution in [3.63, 3.8) is 0 Å². The summed E-state index contributed by atoms with van der Waals surface area (Å²) < 4.78 is 4.89. The summed E-state index contributed by atoms with van der Waals surface area (Å²) in [7, 11) is 0. The van der Waals surface area contributed by atoms with Gasteiger partial charge in [0.2, 0.25) is 0 Å². The number of rotatable bonds is 5. The Labute approximate surface area is 93.9 Å². The first kappa shape index (κ1) is 12.2. The van der Waals surface area contributed by atoms with Gasteiger partial charge in [0.25, 0.3) is 0 Å². The Bertz CT molecular complexity index is 385. The molecule has 0 amide bonds. The standard InChI is InChI=1S/C12H13O4/c1-2-3-7-11(15)16-12-9(8-13)5-4-6-10(12)14/h4-8,14H,2-3H2,1H3. The summed E-state index contributed by atoms with van der Waals surface area (Å²) in [5, 5.41) is 9.45. The van der Waals surface area contributed by atoms with E-state index in [2.05, 4.69) is 0 Å². The van der Waals surface area contributed by atoms with Crippen molar-refractivity contribution < 1.29 is 19.4 Å². The zero-order valence-electron chi connectivity index (χ0n) is 8.97. The normalized spacial score (nSPS) is 9.81. The van der Waals surface area contributed by atoms with Crippen LogP contribution in [0.2, 0.25) is 0 Å². The van der Waals surface area contributed by atoms with Gasteiger partial charge in [0.15, 0.2) is 17.8 Å². The molecule has 1 radical (unpaired) electrons. The monoisotopic (exact) mass is 221 g/mol. The minimum absolute atomic E-state index is 0.0881. The van der Waals surface area contributed by atoms with Crippen LogP contribution in [0.5, 0.6) is 11.5 Å². The van der Waals surface area contributed by atoms with Crippen LogP contribution in [0.1, 0.15) is 30.1 Å². The fourth-order valence-corrected chi connectivity index (χ4v) is 1.15. The van der Waals surface area contributed by atoms with E-state index in [0.717, 1.165) is 6.42 Å². The molecule has 0 unspecified atom stereocenters. The Kier molecular flexibility index (Phi) is 4.51. The molecule has 0 aliphatic rings. The van der Waals surface area contributed by atoms with Crippen LogP contribution in [0.15, 0.2) is 18.2 Å². The minimum Gasteiger partial charge on any atom is -0.504 e. The summed E-state index contributed by atoms with van der Waals surface area (Å²) in [6.07, 6.45) is 3.34. The number of aldehydes is 1. The van der Waals surface area contributed by atoms with Gasteiger partial charge in [-0.25, -0.2) is 0 Å². The number of hydrogen-bond acceptors (Lipinski definition) is 4. The molecule has 0 saturated carbocycles. The first-order valence-electron chi connectivity index (χ1n) is 5.01. The quantitative estimate of drug-likeness (QED) is 0.470. The minimum atomic E-state index is -0.563. The molecule has 0 saturated heterocycles. The molecule has 1 aromatic carbocycles. The Morgan fingerprint density at radius 1 is 1.50 bits per heavy atom. The second-order valence-corrected chi connectivity index (χ2v) is 3.23. The summed E-state index contributed by atoms with van der Waals surface area (Å²) in [6, 6.07) is 4.33. The topological polar surface area (TPSA) is 63.6 Å². The zero-order chi connectivity index (χ0) is 12.0. The molecule has 1 rings (SSSR count). The molecule has 0 spiro atoms. The van der Waals surface area contributed by atoms with Gasteiger partial charge >= 0.3 is 5.97 Å². The highest BCUT2D eigenvalue weighted by Crippen LogP contribution is 2.29. The summed E-state index contributed by atoms with van der Waals surface area (Å²) in [5.74, 6) is -0.871. The van der Waals surface area contributed by atoms with E-state index in [1.54, 1.807) is 0 Å². The summed E-state index contributed by atoms with van der Waals surface area (Å²) in [4.78, 5) is 21.9. The van der Waals surface area contributed by atoms with E-state index in [9.17, 15) is 14.7 Å². The number of esters is 1. The van der Waals surface area contributed by atoms with Gasteiger partial charge in [0.1, 0.15) is 0 Å². The van der Waals surface area contributed by atoms with Crippen LogP contribution in [-0.2, 0) is 4.79 Å². The summed E-state index contributed by atoms with van der Waals surface area (Å²) in [5.41, 5.74) is 0.151. The van der Waals surface area contributed by atoms with E-state index in [1.165, 1.54) is 24.6 Å². The Morgan fingerprint density at radius 2 is 2.25 bits per heavy atom. The van der Waals surface area contributed by atoms with Crippen molar-refractivity contribution in [3.8, 4) is 11.5 Å². The Morgan fingerprint density at radius 3 is 2.88 bits per heavy atom. The third kappa shape index (κ3) is 3.08. The summed E-state index contributed by atoms with van der Waals surface area (Å²) in [6.45, 7) is 1.93. The van der Waals surface area contributed by atoms with Crippen LogP contribution < -0.4 is 4.74 Å². The van der Waals surface area contributed by atoms with Gasteiger partial charge in [0.05, 0.1) is 12.0 Å². The molecule has 4 heteroatoms. The van der Waals surface area contributed by atoms with E-state index in [1.807, 2.05) is 6.92 Å². The first-order chi connectivity index (χ1) is 7.69. The number of para-hydroxylation sites is 1. The lowest BCUT2D eigenvalue weighted by atomic mass is 10.2. The smallest absolute Gasteiger partial charge is 0.315 e. The number of carbonyl (C=O) groups is 2. The van der Waals surface area contributed by atoms with Gasteiger partial charge in [-0.15, -0.1) is 0 Å². The third-order valence-corrected chi connectivity index (χ3v) is 1.95. The van der Waals surface area contributed by atoms with E-state index >= 15 is 0 Å². The first-order valence-corrected chi connectivity index (χ1v) is 5.01. The van der Waals surface area contributed by atoms with Crippen molar-refractivity contribution in [2.75, 3.05) is 0 Å². The van der Waals surface area contributed by atoms with Crippen molar-refractivity contribution in [2.45, 2.75) is 19.8 Å². The molecule has 0 heterocycles. The van der Waals surface area contributed by atoms with Gasteiger partial charge < -0.3 is 9.84 Å². The molecule has 85 valence electrons. The van der Waals surface area contributed by atoms with E-state index in [0.29, 0.717) is 12.7 Å². The van der Waals surface area contributed by atoms with Gasteiger partial charge in [-0.1, -0.05) is 19.4 Å². The van der Waals surface area contributed by atoms with Crippen molar-refractivity contribution in [1.82, 2.24) is 0 Å². The second-order valence-electron chi connectivity index (χ2n) is 3.23. The number of phenolic OH excluding ortho intramolecular Hbond substituents is 1. The van der Waals surface area contributed by atoms with Crippen LogP contribution in [0.25, 0.3) is 0 Å². The molecule has 0 fully saturated rings. The van der Waals surface area contributed by atoms with Crippen LogP contribution in [0.4, 0.5) is 0 Å². The third-order valence-electron chi connectivity index (χ3n) is 1.95. The molecule has 4 nitrogen and oxygen atoms in total. The highest BCUT2D eigenvalue weighted by molar-refractivity contribution is 5.86. The number of carbonyl (C=O) groups excluding carboxylic acids is 2. The molecule has 0 aromatic heterocycles. The molecule has 0 atom stereocenters. The molecule has 1 aromatic rings. The Hall–Kier alpha value is -1.84. The molecule has 1 N–H and O–H groups in total. The molecular weight excluding hydrogens is 208 g/mol. The maximum atomic E-state index is 11.3. The SMILES string of the molecule is CCC[CH]C(=O)Oc1c(O)cccc1C=O. The van der Waals surface area contributed by atoms with Crippen molar-refractivity contribution in [2.24, 2.45) is 0 Å². The maximum Gasteiger partial charge on any atom is 0.315 e. The number of unbranched alkanes of at least 4 members (excludes halogenated alkanes) is 1. The van der Waals surface area contributed by atoms with Crippen molar-refractivity contribution in [1.29, 1.82) is 0 Å². The van der Waals surface area contributed by atoms with E-state index in [4.69, 9.17) is 4.74 Å². The number of hydrogen-bond donors (Lipinski definition) is 1. The lowest BCUT2D eigenvalue weighted by Gasteiger charge is -2.07.